The fourth-order valence-electron chi connectivity index (χ4n) is 2.21. The second-order valence-electron chi connectivity index (χ2n) is 4.82. The smallest absolute Gasteiger partial charge is 0.297 e. The van der Waals surface area contributed by atoms with E-state index in [1.54, 1.807) is 29.7 Å². The van der Waals surface area contributed by atoms with Crippen LogP contribution in [0.25, 0.3) is 10.9 Å². The van der Waals surface area contributed by atoms with Crippen LogP contribution in [0.3, 0.4) is 0 Å². The summed E-state index contributed by atoms with van der Waals surface area (Å²) in [5.41, 5.74) is 0.531. The number of rotatable bonds is 5. The van der Waals surface area contributed by atoms with Crippen LogP contribution in [0.4, 0.5) is 14.6 Å². The third-order valence-corrected chi connectivity index (χ3v) is 4.14. The number of halogens is 2. The van der Waals surface area contributed by atoms with E-state index in [1.807, 2.05) is 29.5 Å². The lowest BCUT2D eigenvalue weighted by Gasteiger charge is -2.20. The third kappa shape index (κ3) is 3.04. The maximum atomic E-state index is 13.0. The molecule has 0 spiro atoms. The molecule has 0 fully saturated rings. The molecule has 0 bridgehead atoms. The number of benzene rings is 1. The highest BCUT2D eigenvalue weighted by Crippen LogP contribution is 2.26. The largest absolute Gasteiger partial charge is 0.359 e. The maximum absolute atomic E-state index is 13.0. The van der Waals surface area contributed by atoms with Gasteiger partial charge in [-0.1, -0.05) is 12.1 Å². The van der Waals surface area contributed by atoms with E-state index in [0.29, 0.717) is 17.9 Å². The molecule has 3 aromatic rings. The van der Waals surface area contributed by atoms with E-state index in [9.17, 15) is 8.78 Å². The van der Waals surface area contributed by atoms with Crippen molar-refractivity contribution in [1.82, 2.24) is 15.0 Å². The summed E-state index contributed by atoms with van der Waals surface area (Å²) in [6, 6.07) is 7.21. The van der Waals surface area contributed by atoms with Gasteiger partial charge in [-0.3, -0.25) is 0 Å². The summed E-state index contributed by atoms with van der Waals surface area (Å²) in [5.74, 6) is 0.0901. The highest BCUT2D eigenvalue weighted by Gasteiger charge is 2.17. The van der Waals surface area contributed by atoms with Crippen molar-refractivity contribution in [2.45, 2.75) is 12.8 Å². The van der Waals surface area contributed by atoms with Crippen molar-refractivity contribution < 1.29 is 8.78 Å². The normalized spacial score (nSPS) is 11.3. The highest BCUT2D eigenvalue weighted by molar-refractivity contribution is 7.09. The minimum atomic E-state index is -2.68. The molecule has 0 saturated heterocycles. The van der Waals surface area contributed by atoms with E-state index in [0.717, 1.165) is 16.8 Å². The summed E-state index contributed by atoms with van der Waals surface area (Å²) in [5, 5.41) is 3.71. The SMILES string of the molecule is CN(CCc1nccs1)c1nc(C(F)F)nc2ccccc12. The number of nitrogens with zero attached hydrogens (tertiary/aromatic N) is 4. The van der Waals surface area contributed by atoms with Crippen LogP contribution in [0.15, 0.2) is 35.8 Å². The van der Waals surface area contributed by atoms with Crippen LogP contribution in [0.2, 0.25) is 0 Å². The zero-order valence-corrected chi connectivity index (χ0v) is 12.7. The molecule has 0 radical (unpaired) electrons. The summed E-state index contributed by atoms with van der Waals surface area (Å²) in [6.45, 7) is 0.650. The Labute approximate surface area is 130 Å². The standard InChI is InChI=1S/C15H14F2N4S/c1-21(8-6-12-18-7-9-22-12)15-10-4-2-3-5-11(10)19-14(20-15)13(16)17/h2-5,7,9,13H,6,8H2,1H3. The molecule has 0 aliphatic heterocycles. The zero-order valence-electron chi connectivity index (χ0n) is 11.9. The van der Waals surface area contributed by atoms with E-state index in [1.165, 1.54) is 0 Å². The predicted octanol–water partition coefficient (Wildman–Crippen LogP) is 3.70. The van der Waals surface area contributed by atoms with Crippen LogP contribution < -0.4 is 4.90 Å². The molecular weight excluding hydrogens is 306 g/mol. The maximum Gasteiger partial charge on any atom is 0.297 e. The lowest BCUT2D eigenvalue weighted by atomic mass is 10.2. The van der Waals surface area contributed by atoms with Gasteiger partial charge in [0.05, 0.1) is 10.5 Å². The quantitative estimate of drug-likeness (QED) is 0.719. The Bertz CT molecular complexity index is 761. The first-order chi connectivity index (χ1) is 10.6. The van der Waals surface area contributed by atoms with Gasteiger partial charge in [0.25, 0.3) is 6.43 Å². The van der Waals surface area contributed by atoms with Crippen LogP contribution in [-0.2, 0) is 6.42 Å². The van der Waals surface area contributed by atoms with Crippen LogP contribution >= 0.6 is 11.3 Å². The number of aromatic nitrogens is 3. The summed E-state index contributed by atoms with van der Waals surface area (Å²) in [7, 11) is 1.84. The molecule has 0 N–H and O–H groups in total. The first-order valence-corrected chi connectivity index (χ1v) is 7.67. The number of hydrogen-bond donors (Lipinski definition) is 0. The Kier molecular flexibility index (Phi) is 4.24. The molecule has 4 nitrogen and oxygen atoms in total. The van der Waals surface area contributed by atoms with Crippen LogP contribution in [0.1, 0.15) is 17.3 Å². The Morgan fingerprint density at radius 3 is 2.77 bits per heavy atom. The Balaban J connectivity index is 1.93. The van der Waals surface area contributed by atoms with E-state index in [-0.39, 0.29) is 0 Å². The Morgan fingerprint density at radius 1 is 1.23 bits per heavy atom. The van der Waals surface area contributed by atoms with Gasteiger partial charge < -0.3 is 4.90 Å². The first-order valence-electron chi connectivity index (χ1n) is 6.79. The molecule has 0 aliphatic rings. The van der Waals surface area contributed by atoms with Gasteiger partial charge in [0.2, 0.25) is 0 Å². The van der Waals surface area contributed by atoms with Crippen LogP contribution in [0, 0.1) is 0 Å². The molecule has 0 amide bonds. The number of hydrogen-bond acceptors (Lipinski definition) is 5. The molecule has 22 heavy (non-hydrogen) atoms. The lowest BCUT2D eigenvalue weighted by molar-refractivity contribution is 0.141. The number of anilines is 1. The predicted molar refractivity (Wildman–Crippen MR) is 83.6 cm³/mol. The van der Waals surface area contributed by atoms with Crippen LogP contribution in [-0.4, -0.2) is 28.5 Å². The van der Waals surface area contributed by atoms with E-state index in [4.69, 9.17) is 0 Å². The molecule has 3 rings (SSSR count). The number of fused-ring (bicyclic) bond motifs is 1. The molecule has 1 aromatic carbocycles. The number of alkyl halides is 2. The van der Waals surface area contributed by atoms with E-state index < -0.39 is 12.2 Å². The van der Waals surface area contributed by atoms with Gasteiger partial charge in [-0.25, -0.2) is 23.7 Å². The number of likely N-dealkylation sites (N-methyl/N-ethyl adjacent to an activating group) is 1. The van der Waals surface area contributed by atoms with Crippen LogP contribution in [0.5, 0.6) is 0 Å². The van der Waals surface area contributed by atoms with Gasteiger partial charge in [0, 0.05) is 37.0 Å². The second-order valence-corrected chi connectivity index (χ2v) is 5.80. The fraction of sp³-hybridized carbons (Fsp3) is 0.267. The van der Waals surface area contributed by atoms with E-state index in [2.05, 4.69) is 15.0 Å². The molecule has 7 heteroatoms. The summed E-state index contributed by atoms with van der Waals surface area (Å²) < 4.78 is 26.0. The molecule has 2 heterocycles. The Morgan fingerprint density at radius 2 is 2.05 bits per heavy atom. The minimum Gasteiger partial charge on any atom is -0.359 e. The topological polar surface area (TPSA) is 41.9 Å². The van der Waals surface area contributed by atoms with Gasteiger partial charge in [-0.15, -0.1) is 11.3 Å². The van der Waals surface area contributed by atoms with E-state index >= 15 is 0 Å². The lowest BCUT2D eigenvalue weighted by Crippen LogP contribution is -2.22. The van der Waals surface area contributed by atoms with Crippen molar-refractivity contribution in [2.75, 3.05) is 18.5 Å². The zero-order chi connectivity index (χ0) is 15.5. The molecule has 0 unspecified atom stereocenters. The van der Waals surface area contributed by atoms with Gasteiger partial charge in [0.1, 0.15) is 5.82 Å². The molecular formula is C15H14F2N4S. The second kappa shape index (κ2) is 6.31. The first kappa shape index (κ1) is 14.8. The third-order valence-electron chi connectivity index (χ3n) is 3.30. The van der Waals surface area contributed by atoms with Crippen molar-refractivity contribution in [1.29, 1.82) is 0 Å². The summed E-state index contributed by atoms with van der Waals surface area (Å²) in [6.07, 6.45) is -0.179. The van der Waals surface area contributed by atoms with Crippen molar-refractivity contribution in [2.24, 2.45) is 0 Å². The number of thiazole rings is 1. The van der Waals surface area contributed by atoms with Gasteiger partial charge in [-0.2, -0.15) is 0 Å². The molecule has 2 aromatic heterocycles. The fourth-order valence-corrected chi connectivity index (χ4v) is 2.82. The minimum absolute atomic E-state index is 0.435. The average molecular weight is 320 g/mol. The summed E-state index contributed by atoms with van der Waals surface area (Å²) in [4.78, 5) is 14.1. The number of para-hydroxylation sites is 1. The average Bonchev–Trinajstić information content (AvgIpc) is 3.04. The Hall–Kier alpha value is -2.15. The molecule has 0 aliphatic carbocycles. The van der Waals surface area contributed by atoms with Gasteiger partial charge in [0.15, 0.2) is 5.82 Å². The molecule has 0 atom stereocenters. The molecule has 114 valence electrons. The van der Waals surface area contributed by atoms with Gasteiger partial charge in [-0.05, 0) is 12.1 Å². The van der Waals surface area contributed by atoms with Gasteiger partial charge >= 0.3 is 0 Å². The monoisotopic (exact) mass is 320 g/mol. The van der Waals surface area contributed by atoms with Crippen molar-refractivity contribution in [3.63, 3.8) is 0 Å². The van der Waals surface area contributed by atoms with Crippen molar-refractivity contribution in [3.05, 3.63) is 46.7 Å². The summed E-state index contributed by atoms with van der Waals surface area (Å²) >= 11 is 1.58. The van der Waals surface area contributed by atoms with Crippen molar-refractivity contribution in [3.8, 4) is 0 Å². The van der Waals surface area contributed by atoms with Crippen molar-refractivity contribution >= 4 is 28.1 Å². The highest BCUT2D eigenvalue weighted by atomic mass is 32.1. The molecule has 0 saturated carbocycles.